The second-order valence-electron chi connectivity index (χ2n) is 10.1. The number of carboxylic acids is 1. The van der Waals surface area contributed by atoms with Crippen LogP contribution in [0.3, 0.4) is 0 Å². The van der Waals surface area contributed by atoms with Crippen molar-refractivity contribution in [3.05, 3.63) is 107 Å². The summed E-state index contributed by atoms with van der Waals surface area (Å²) < 4.78 is 4.50. The van der Waals surface area contributed by atoms with E-state index in [-0.39, 0.29) is 0 Å². The molecule has 2 aromatic heterocycles. The van der Waals surface area contributed by atoms with Crippen molar-refractivity contribution in [3.8, 4) is 22.5 Å². The van der Waals surface area contributed by atoms with E-state index in [0.29, 0.717) is 5.56 Å². The fraction of sp³-hybridized carbons (Fsp3) is 0.182. The molecular weight excluding hydrogens is 484 g/mol. The minimum absolute atomic E-state index is 0.291. The highest BCUT2D eigenvalue weighted by Gasteiger charge is 2.17. The van der Waals surface area contributed by atoms with Crippen LogP contribution in [0.15, 0.2) is 84.9 Å². The van der Waals surface area contributed by atoms with Crippen molar-refractivity contribution < 1.29 is 9.90 Å². The molecule has 0 aliphatic carbocycles. The summed E-state index contributed by atoms with van der Waals surface area (Å²) in [5, 5.41) is 9.17. The van der Waals surface area contributed by atoms with E-state index in [2.05, 4.69) is 78.6 Å². The molecule has 0 atom stereocenters. The van der Waals surface area contributed by atoms with E-state index in [1.54, 1.807) is 12.1 Å². The van der Waals surface area contributed by atoms with E-state index < -0.39 is 5.97 Å². The number of carboxylic acid groups (broad SMARTS) is 1. The number of aryl methyl sites for hydroxylation is 3. The maximum Gasteiger partial charge on any atom is 0.335 e. The van der Waals surface area contributed by atoms with E-state index in [1.807, 2.05) is 24.3 Å². The van der Waals surface area contributed by atoms with Crippen LogP contribution in [0.1, 0.15) is 40.7 Å². The molecule has 0 unspecified atom stereocenters. The Balaban J connectivity index is 1.39. The van der Waals surface area contributed by atoms with E-state index >= 15 is 0 Å². The van der Waals surface area contributed by atoms with Crippen LogP contribution in [0.5, 0.6) is 0 Å². The monoisotopic (exact) mass is 514 g/mol. The number of carbonyl (C=O) groups is 1. The summed E-state index contributed by atoms with van der Waals surface area (Å²) in [5.74, 6) is 1.12. The normalized spacial score (nSPS) is 11.5. The Morgan fingerprint density at radius 1 is 0.846 bits per heavy atom. The average Bonchev–Trinajstić information content (AvgIpc) is 3.47. The lowest BCUT2D eigenvalue weighted by molar-refractivity contribution is 0.0697. The Morgan fingerprint density at radius 2 is 1.54 bits per heavy atom. The third-order valence-corrected chi connectivity index (χ3v) is 7.40. The lowest BCUT2D eigenvalue weighted by Crippen LogP contribution is -2.05. The molecule has 0 radical (unpaired) electrons. The molecular formula is C33H30N4O2. The number of para-hydroxylation sites is 2. The first-order valence-corrected chi connectivity index (χ1v) is 13.3. The van der Waals surface area contributed by atoms with Gasteiger partial charge in [0, 0.05) is 25.6 Å². The largest absolute Gasteiger partial charge is 0.478 e. The van der Waals surface area contributed by atoms with Gasteiger partial charge in [-0.25, -0.2) is 14.8 Å². The summed E-state index contributed by atoms with van der Waals surface area (Å²) in [6.45, 7) is 5.04. The Bertz CT molecular complexity index is 1830. The molecule has 6 nitrogen and oxygen atoms in total. The second kappa shape index (κ2) is 9.87. The first-order chi connectivity index (χ1) is 18.9. The van der Waals surface area contributed by atoms with Crippen molar-refractivity contribution in [2.45, 2.75) is 33.2 Å². The van der Waals surface area contributed by atoms with Crippen LogP contribution in [0.2, 0.25) is 0 Å². The first-order valence-electron chi connectivity index (χ1n) is 13.3. The fourth-order valence-electron chi connectivity index (χ4n) is 5.35. The highest BCUT2D eigenvalue weighted by molar-refractivity contribution is 5.89. The van der Waals surface area contributed by atoms with E-state index in [9.17, 15) is 9.90 Å². The second-order valence-corrected chi connectivity index (χ2v) is 10.1. The Kier molecular flexibility index (Phi) is 6.23. The Labute approximate surface area is 227 Å². The van der Waals surface area contributed by atoms with Gasteiger partial charge in [0.1, 0.15) is 11.6 Å². The van der Waals surface area contributed by atoms with Crippen LogP contribution in [-0.4, -0.2) is 30.2 Å². The number of hydrogen-bond acceptors (Lipinski definition) is 3. The zero-order chi connectivity index (χ0) is 27.1. The molecule has 0 aliphatic heterocycles. The Hall–Kier alpha value is -4.71. The van der Waals surface area contributed by atoms with Crippen LogP contribution in [0, 0.1) is 6.92 Å². The molecule has 2 heterocycles. The van der Waals surface area contributed by atoms with Crippen LogP contribution in [0.4, 0.5) is 0 Å². The van der Waals surface area contributed by atoms with Gasteiger partial charge in [0.15, 0.2) is 0 Å². The number of fused-ring (bicyclic) bond motifs is 2. The van der Waals surface area contributed by atoms with Gasteiger partial charge < -0.3 is 14.2 Å². The Morgan fingerprint density at radius 3 is 2.21 bits per heavy atom. The van der Waals surface area contributed by atoms with Gasteiger partial charge in [-0.05, 0) is 72.0 Å². The molecule has 6 heteroatoms. The fourth-order valence-corrected chi connectivity index (χ4v) is 5.35. The molecule has 1 N–H and O–H groups in total. The van der Waals surface area contributed by atoms with Crippen molar-refractivity contribution in [1.29, 1.82) is 0 Å². The van der Waals surface area contributed by atoms with Gasteiger partial charge in [0.05, 0.1) is 27.6 Å². The zero-order valence-electron chi connectivity index (χ0n) is 22.3. The first kappa shape index (κ1) is 24.6. The van der Waals surface area contributed by atoms with Gasteiger partial charge in [-0.2, -0.15) is 0 Å². The molecule has 194 valence electrons. The van der Waals surface area contributed by atoms with E-state index in [0.717, 1.165) is 75.4 Å². The third kappa shape index (κ3) is 4.48. The van der Waals surface area contributed by atoms with E-state index in [1.165, 1.54) is 5.56 Å². The van der Waals surface area contributed by atoms with Gasteiger partial charge in [-0.15, -0.1) is 0 Å². The van der Waals surface area contributed by atoms with Crippen molar-refractivity contribution >= 4 is 28.0 Å². The summed E-state index contributed by atoms with van der Waals surface area (Å²) >= 11 is 0. The summed E-state index contributed by atoms with van der Waals surface area (Å²) in [6, 6.07) is 28.1. The SMILES string of the molecule is CCCc1nc2c(C)cc(-c3nc4ccccc4n3C)cc2n1Cc1ccc(-c2ccc(C(=O)O)cc2)cc1. The standard InChI is InChI=1S/C33H30N4O2/c1-4-7-30-35-31-21(2)18-26(32-34-27-8-5-6-9-28(27)36(32)3)19-29(31)37(30)20-22-10-12-23(13-11-22)24-14-16-25(17-15-24)33(38)39/h5-6,8-19H,4,7,20H2,1-3H3,(H,38,39). The summed E-state index contributed by atoms with van der Waals surface area (Å²) in [5.41, 5.74) is 10.0. The molecule has 6 rings (SSSR count). The summed E-state index contributed by atoms with van der Waals surface area (Å²) in [4.78, 5) is 21.2. The highest BCUT2D eigenvalue weighted by Crippen LogP contribution is 2.31. The molecule has 6 aromatic rings. The third-order valence-electron chi connectivity index (χ3n) is 7.40. The topological polar surface area (TPSA) is 72.9 Å². The molecule has 0 amide bonds. The van der Waals surface area contributed by atoms with Gasteiger partial charge in [0.2, 0.25) is 0 Å². The van der Waals surface area contributed by atoms with Crippen LogP contribution < -0.4 is 0 Å². The van der Waals surface area contributed by atoms with Crippen molar-refractivity contribution in [1.82, 2.24) is 19.1 Å². The average molecular weight is 515 g/mol. The minimum Gasteiger partial charge on any atom is -0.478 e. The molecule has 0 fully saturated rings. The number of imidazole rings is 2. The molecule has 0 saturated heterocycles. The molecule has 39 heavy (non-hydrogen) atoms. The number of hydrogen-bond donors (Lipinski definition) is 1. The van der Waals surface area contributed by atoms with Crippen molar-refractivity contribution in [2.75, 3.05) is 0 Å². The minimum atomic E-state index is -0.915. The number of nitrogens with zero attached hydrogens (tertiary/aromatic N) is 4. The molecule has 4 aromatic carbocycles. The van der Waals surface area contributed by atoms with Gasteiger partial charge in [-0.1, -0.05) is 55.5 Å². The maximum absolute atomic E-state index is 11.2. The van der Waals surface area contributed by atoms with E-state index in [4.69, 9.17) is 9.97 Å². The van der Waals surface area contributed by atoms with Gasteiger partial charge in [0.25, 0.3) is 0 Å². The smallest absolute Gasteiger partial charge is 0.335 e. The van der Waals surface area contributed by atoms with Crippen molar-refractivity contribution in [2.24, 2.45) is 7.05 Å². The lowest BCUT2D eigenvalue weighted by atomic mass is 10.0. The number of aromatic nitrogens is 4. The molecule has 0 spiro atoms. The molecule has 0 bridgehead atoms. The maximum atomic E-state index is 11.2. The zero-order valence-corrected chi connectivity index (χ0v) is 22.3. The van der Waals surface area contributed by atoms with Crippen LogP contribution >= 0.6 is 0 Å². The van der Waals surface area contributed by atoms with Gasteiger partial charge >= 0.3 is 5.97 Å². The number of benzene rings is 4. The summed E-state index contributed by atoms with van der Waals surface area (Å²) in [6.07, 6.45) is 1.93. The number of rotatable bonds is 7. The lowest BCUT2D eigenvalue weighted by Gasteiger charge is -2.11. The van der Waals surface area contributed by atoms with Crippen molar-refractivity contribution in [3.63, 3.8) is 0 Å². The number of aromatic carboxylic acids is 1. The predicted octanol–water partition coefficient (Wildman–Crippen LogP) is 7.26. The van der Waals surface area contributed by atoms with Crippen LogP contribution in [0.25, 0.3) is 44.6 Å². The summed E-state index contributed by atoms with van der Waals surface area (Å²) in [7, 11) is 2.07. The molecule has 0 aliphatic rings. The van der Waals surface area contributed by atoms with Crippen LogP contribution in [-0.2, 0) is 20.0 Å². The quantitative estimate of drug-likeness (QED) is 0.243. The highest BCUT2D eigenvalue weighted by atomic mass is 16.4. The van der Waals surface area contributed by atoms with Gasteiger partial charge in [-0.3, -0.25) is 0 Å². The predicted molar refractivity (Wildman–Crippen MR) is 156 cm³/mol. The molecule has 0 saturated carbocycles.